The second kappa shape index (κ2) is 11.4. The Hall–Kier alpha value is -2.59. The van der Waals surface area contributed by atoms with Gasteiger partial charge >= 0.3 is 0 Å². The van der Waals surface area contributed by atoms with Gasteiger partial charge in [-0.15, -0.1) is 11.3 Å². The molecule has 1 aromatic heterocycles. The lowest BCUT2D eigenvalue weighted by Crippen LogP contribution is -2.45. The molecule has 2 heterocycles. The van der Waals surface area contributed by atoms with E-state index in [4.69, 9.17) is 21.1 Å². The van der Waals surface area contributed by atoms with E-state index in [1.807, 2.05) is 69.3 Å². The summed E-state index contributed by atoms with van der Waals surface area (Å²) in [5.41, 5.74) is 1.66. The van der Waals surface area contributed by atoms with Crippen LogP contribution in [-0.4, -0.2) is 36.8 Å². The van der Waals surface area contributed by atoms with Crippen molar-refractivity contribution in [3.05, 3.63) is 76.1 Å². The van der Waals surface area contributed by atoms with Gasteiger partial charge in [0, 0.05) is 13.1 Å². The molecule has 3 aromatic rings. The first-order valence-electron chi connectivity index (χ1n) is 12.1. The second-order valence-corrected chi connectivity index (χ2v) is 13.7. The smallest absolute Gasteiger partial charge is 0.253 e. The van der Waals surface area contributed by atoms with Crippen molar-refractivity contribution in [2.45, 2.75) is 62.6 Å². The molecule has 0 bridgehead atoms. The molecule has 1 amide bonds. The van der Waals surface area contributed by atoms with Gasteiger partial charge in [-0.1, -0.05) is 35.9 Å². The number of halogens is 1. The maximum Gasteiger partial charge on any atom is 0.253 e. The molecule has 198 valence electrons. The maximum absolute atomic E-state index is 13.0. The Balaban J connectivity index is 1.28. The number of carbonyl (C=O) groups is 1. The van der Waals surface area contributed by atoms with Gasteiger partial charge in [0.1, 0.15) is 34.0 Å². The number of ether oxygens (including phenoxy) is 2. The molecule has 1 atom stereocenters. The van der Waals surface area contributed by atoms with Gasteiger partial charge in [0.15, 0.2) is 0 Å². The maximum atomic E-state index is 13.0. The molecule has 1 fully saturated rings. The summed E-state index contributed by atoms with van der Waals surface area (Å²) in [7, 11) is -3.75. The first-order valence-corrected chi connectivity index (χ1v) is 14.7. The van der Waals surface area contributed by atoms with Gasteiger partial charge < -0.3 is 14.8 Å². The predicted octanol–water partition coefficient (Wildman–Crippen LogP) is 5.63. The molecule has 2 aromatic carbocycles. The lowest BCUT2D eigenvalue weighted by atomic mass is 10.1. The third-order valence-corrected chi connectivity index (χ3v) is 9.37. The van der Waals surface area contributed by atoms with Crippen LogP contribution in [-0.2, 0) is 28.0 Å². The number of carbonyl (C=O) groups excluding carboxylic acids is 1. The quantitative estimate of drug-likeness (QED) is 0.365. The van der Waals surface area contributed by atoms with E-state index in [9.17, 15) is 13.2 Å². The lowest BCUT2D eigenvalue weighted by molar-refractivity contribution is -0.124. The zero-order valence-corrected chi connectivity index (χ0v) is 23.5. The van der Waals surface area contributed by atoms with Crippen LogP contribution in [0.4, 0.5) is 0 Å². The highest BCUT2D eigenvalue weighted by Crippen LogP contribution is 2.32. The van der Waals surface area contributed by atoms with Gasteiger partial charge in [-0.25, -0.2) is 8.42 Å². The lowest BCUT2D eigenvalue weighted by Gasteiger charge is -2.22. The Labute approximate surface area is 227 Å². The monoisotopic (exact) mass is 562 g/mol. The Kier molecular flexibility index (Phi) is 8.48. The van der Waals surface area contributed by atoms with Crippen molar-refractivity contribution in [2.24, 2.45) is 0 Å². The van der Waals surface area contributed by atoms with Crippen LogP contribution in [0.5, 0.6) is 11.5 Å². The molecule has 1 N–H and O–H groups in total. The van der Waals surface area contributed by atoms with E-state index in [0.717, 1.165) is 34.0 Å². The summed E-state index contributed by atoms with van der Waals surface area (Å²) < 4.78 is 39.5. The first kappa shape index (κ1) is 27.4. The van der Waals surface area contributed by atoms with Crippen molar-refractivity contribution >= 4 is 38.9 Å². The van der Waals surface area contributed by atoms with E-state index in [1.165, 1.54) is 10.4 Å². The van der Waals surface area contributed by atoms with Gasteiger partial charge in [-0.2, -0.15) is 4.31 Å². The normalized spacial score (nSPS) is 16.5. The van der Waals surface area contributed by atoms with Crippen LogP contribution in [0.25, 0.3) is 0 Å². The molecule has 0 unspecified atom stereocenters. The third-order valence-electron chi connectivity index (χ3n) is 5.76. The molecule has 0 spiro atoms. The van der Waals surface area contributed by atoms with E-state index < -0.39 is 16.1 Å². The van der Waals surface area contributed by atoms with Gasteiger partial charge in [0.25, 0.3) is 10.0 Å². The summed E-state index contributed by atoms with van der Waals surface area (Å²) >= 11 is 6.92. The molecule has 7 nitrogen and oxygen atoms in total. The van der Waals surface area contributed by atoms with E-state index in [0.29, 0.717) is 36.9 Å². The van der Waals surface area contributed by atoms with Crippen molar-refractivity contribution < 1.29 is 22.7 Å². The predicted molar refractivity (Wildman–Crippen MR) is 146 cm³/mol. The number of benzene rings is 2. The Bertz CT molecular complexity index is 1320. The van der Waals surface area contributed by atoms with Crippen molar-refractivity contribution in [2.75, 3.05) is 6.54 Å². The summed E-state index contributed by atoms with van der Waals surface area (Å²) in [4.78, 5) is 12.9. The summed E-state index contributed by atoms with van der Waals surface area (Å²) in [6, 6.07) is 17.6. The molecule has 10 heteroatoms. The number of amides is 1. The minimum atomic E-state index is -3.75. The van der Waals surface area contributed by atoms with Crippen molar-refractivity contribution in [3.63, 3.8) is 0 Å². The van der Waals surface area contributed by atoms with E-state index in [-0.39, 0.29) is 15.7 Å². The van der Waals surface area contributed by atoms with E-state index in [2.05, 4.69) is 5.32 Å². The number of hydrogen-bond donors (Lipinski definition) is 1. The number of nitrogens with one attached hydrogen (secondary N) is 1. The molecule has 1 aliphatic heterocycles. The molecular weight excluding hydrogens is 532 g/mol. The molecule has 0 radical (unpaired) electrons. The van der Waals surface area contributed by atoms with Crippen LogP contribution in [0.2, 0.25) is 4.34 Å². The third kappa shape index (κ3) is 7.25. The fourth-order valence-corrected chi connectivity index (χ4v) is 7.29. The highest BCUT2D eigenvalue weighted by molar-refractivity contribution is 7.91. The highest BCUT2D eigenvalue weighted by atomic mass is 35.5. The van der Waals surface area contributed by atoms with E-state index in [1.54, 1.807) is 6.07 Å². The Morgan fingerprint density at radius 1 is 1.03 bits per heavy atom. The number of rotatable bonds is 9. The molecule has 1 saturated heterocycles. The topological polar surface area (TPSA) is 84.9 Å². The molecule has 1 aliphatic rings. The van der Waals surface area contributed by atoms with E-state index >= 15 is 0 Å². The van der Waals surface area contributed by atoms with Gasteiger partial charge in [0.2, 0.25) is 5.91 Å². The number of sulfonamides is 1. The van der Waals surface area contributed by atoms with Crippen LogP contribution < -0.4 is 14.8 Å². The largest absolute Gasteiger partial charge is 0.489 e. The average molecular weight is 563 g/mol. The van der Waals surface area contributed by atoms with Gasteiger partial charge in [-0.3, -0.25) is 4.79 Å². The molecule has 0 aliphatic carbocycles. The number of hydrogen-bond acceptors (Lipinski definition) is 6. The highest BCUT2D eigenvalue weighted by Gasteiger charge is 2.40. The van der Waals surface area contributed by atoms with Crippen molar-refractivity contribution in [1.29, 1.82) is 0 Å². The second-order valence-electron chi connectivity index (χ2n) is 9.84. The fourth-order valence-electron chi connectivity index (χ4n) is 4.03. The number of nitrogens with zero attached hydrogens (tertiary/aromatic N) is 1. The average Bonchev–Trinajstić information content (AvgIpc) is 3.52. The Morgan fingerprint density at radius 3 is 2.30 bits per heavy atom. The van der Waals surface area contributed by atoms with Gasteiger partial charge in [-0.05, 0) is 81.1 Å². The number of thiophene rings is 1. The van der Waals surface area contributed by atoms with Crippen molar-refractivity contribution in [3.8, 4) is 11.5 Å². The summed E-state index contributed by atoms with van der Waals surface area (Å²) in [5, 5.41) is 2.89. The van der Waals surface area contributed by atoms with Crippen molar-refractivity contribution in [1.82, 2.24) is 9.62 Å². The van der Waals surface area contributed by atoms with Gasteiger partial charge in [0.05, 0.1) is 4.34 Å². The SMILES string of the molecule is CC(C)(C)Oc1ccc(OCc2ccc(CNC(=O)[C@@H]3CCCN3S(=O)(=O)c3ccc(Cl)s3)cc2)cc1. The summed E-state index contributed by atoms with van der Waals surface area (Å²) in [5.74, 6) is 1.24. The summed E-state index contributed by atoms with van der Waals surface area (Å²) in [6.07, 6.45) is 1.13. The molecular formula is C27H31ClN2O5S2. The standard InChI is InChI=1S/C27H31ClN2O5S2/c1-27(2,3)35-22-12-10-21(11-13-22)34-18-20-8-6-19(7-9-20)17-29-26(31)23-5-4-16-30(23)37(32,33)25-15-14-24(28)36-25/h6-15,23H,4-5,16-18H2,1-3H3,(H,29,31)/t23-/m0/s1. The zero-order chi connectivity index (χ0) is 26.6. The first-order chi connectivity index (χ1) is 17.5. The van der Waals surface area contributed by atoms with Crippen LogP contribution in [0, 0.1) is 0 Å². The minimum absolute atomic E-state index is 0.157. The Morgan fingerprint density at radius 2 is 1.68 bits per heavy atom. The van der Waals surface area contributed by atoms with Crippen LogP contribution in [0.1, 0.15) is 44.7 Å². The minimum Gasteiger partial charge on any atom is -0.489 e. The van der Waals surface area contributed by atoms with Crippen LogP contribution in [0.3, 0.4) is 0 Å². The van der Waals surface area contributed by atoms with Crippen LogP contribution in [0.15, 0.2) is 64.9 Å². The molecule has 4 rings (SSSR count). The zero-order valence-electron chi connectivity index (χ0n) is 21.1. The van der Waals surface area contributed by atoms with Crippen LogP contribution >= 0.6 is 22.9 Å². The molecule has 37 heavy (non-hydrogen) atoms. The summed E-state index contributed by atoms with van der Waals surface area (Å²) in [6.45, 7) is 7.05. The molecule has 0 saturated carbocycles. The fraction of sp³-hybridized carbons (Fsp3) is 0.370.